The Morgan fingerprint density at radius 1 is 0.867 bits per heavy atom. The number of hydrogen-bond donors (Lipinski definition) is 2. The molecule has 0 heterocycles. The molecular formula is C13H30N2. The molecule has 1 unspecified atom stereocenters. The van der Waals surface area contributed by atoms with Gasteiger partial charge in [-0.05, 0) is 32.9 Å². The van der Waals surface area contributed by atoms with E-state index in [1.54, 1.807) is 0 Å². The minimum Gasteiger partial charge on any atom is -0.315 e. The van der Waals surface area contributed by atoms with Gasteiger partial charge >= 0.3 is 0 Å². The van der Waals surface area contributed by atoms with Gasteiger partial charge in [0.2, 0.25) is 0 Å². The summed E-state index contributed by atoms with van der Waals surface area (Å²) in [4.78, 5) is 0. The van der Waals surface area contributed by atoms with Crippen molar-refractivity contribution in [2.75, 3.05) is 19.6 Å². The zero-order valence-corrected chi connectivity index (χ0v) is 10.9. The van der Waals surface area contributed by atoms with Gasteiger partial charge in [-0.15, -0.1) is 0 Å². The highest BCUT2D eigenvalue weighted by Crippen LogP contribution is 2.01. The zero-order chi connectivity index (χ0) is 11.4. The van der Waals surface area contributed by atoms with Gasteiger partial charge in [-0.2, -0.15) is 0 Å². The van der Waals surface area contributed by atoms with Gasteiger partial charge in [0.05, 0.1) is 0 Å². The van der Waals surface area contributed by atoms with Gasteiger partial charge in [-0.1, -0.05) is 39.5 Å². The smallest absolute Gasteiger partial charge is 0.0164 e. The van der Waals surface area contributed by atoms with E-state index >= 15 is 0 Å². The molecule has 0 fully saturated rings. The number of rotatable bonds is 11. The molecule has 0 aliphatic heterocycles. The van der Waals surface area contributed by atoms with Gasteiger partial charge in [-0.25, -0.2) is 0 Å². The Hall–Kier alpha value is -0.0800. The minimum absolute atomic E-state index is 0.614. The van der Waals surface area contributed by atoms with E-state index in [1.165, 1.54) is 45.1 Å². The molecule has 15 heavy (non-hydrogen) atoms. The van der Waals surface area contributed by atoms with Crippen LogP contribution in [0.1, 0.15) is 59.3 Å². The molecule has 0 spiro atoms. The van der Waals surface area contributed by atoms with Crippen LogP contribution < -0.4 is 10.6 Å². The summed E-state index contributed by atoms with van der Waals surface area (Å²) < 4.78 is 0. The second-order valence-electron chi connectivity index (χ2n) is 4.47. The van der Waals surface area contributed by atoms with Gasteiger partial charge in [0, 0.05) is 12.6 Å². The molecule has 0 radical (unpaired) electrons. The molecule has 92 valence electrons. The van der Waals surface area contributed by atoms with Crippen LogP contribution in [0.4, 0.5) is 0 Å². The van der Waals surface area contributed by atoms with Crippen molar-refractivity contribution in [1.82, 2.24) is 10.6 Å². The molecule has 0 aromatic heterocycles. The summed E-state index contributed by atoms with van der Waals surface area (Å²) in [6.45, 7) is 10.2. The van der Waals surface area contributed by atoms with Gasteiger partial charge in [0.1, 0.15) is 0 Å². The number of unbranched alkanes of at least 4 members (excludes halogenated alkanes) is 4. The quantitative estimate of drug-likeness (QED) is 0.517. The lowest BCUT2D eigenvalue weighted by atomic mass is 10.1. The third-order valence-electron chi connectivity index (χ3n) is 2.65. The Labute approximate surface area is 96.2 Å². The van der Waals surface area contributed by atoms with Gasteiger partial charge in [0.15, 0.2) is 0 Å². The van der Waals surface area contributed by atoms with Crippen molar-refractivity contribution < 1.29 is 0 Å². The molecule has 0 amide bonds. The van der Waals surface area contributed by atoms with Crippen molar-refractivity contribution in [1.29, 1.82) is 0 Å². The fraction of sp³-hybridized carbons (Fsp3) is 1.00. The van der Waals surface area contributed by atoms with Crippen molar-refractivity contribution >= 4 is 0 Å². The molecule has 2 heteroatoms. The predicted molar refractivity (Wildman–Crippen MR) is 69.4 cm³/mol. The summed E-state index contributed by atoms with van der Waals surface area (Å²) in [5.41, 5.74) is 0. The highest BCUT2D eigenvalue weighted by Gasteiger charge is 1.98. The van der Waals surface area contributed by atoms with Crippen LogP contribution >= 0.6 is 0 Å². The maximum atomic E-state index is 3.56. The maximum Gasteiger partial charge on any atom is 0.0164 e. The predicted octanol–water partition coefficient (Wildman–Crippen LogP) is 2.93. The zero-order valence-electron chi connectivity index (χ0n) is 10.9. The van der Waals surface area contributed by atoms with Crippen LogP contribution in [0.2, 0.25) is 0 Å². The average molecular weight is 214 g/mol. The van der Waals surface area contributed by atoms with Crippen LogP contribution in [-0.4, -0.2) is 25.7 Å². The second-order valence-corrected chi connectivity index (χ2v) is 4.47. The highest BCUT2D eigenvalue weighted by molar-refractivity contribution is 4.63. The van der Waals surface area contributed by atoms with Crippen molar-refractivity contribution in [2.24, 2.45) is 0 Å². The summed E-state index contributed by atoms with van der Waals surface area (Å²) >= 11 is 0. The molecule has 0 saturated heterocycles. The third-order valence-corrected chi connectivity index (χ3v) is 2.65. The van der Waals surface area contributed by atoms with Gasteiger partial charge < -0.3 is 10.6 Å². The monoisotopic (exact) mass is 214 g/mol. The van der Waals surface area contributed by atoms with Crippen LogP contribution in [0, 0.1) is 0 Å². The Morgan fingerprint density at radius 3 is 2.27 bits per heavy atom. The van der Waals surface area contributed by atoms with E-state index in [0.29, 0.717) is 6.04 Å². The number of hydrogen-bond acceptors (Lipinski definition) is 2. The standard InChI is InChI=1S/C13H30N2/c1-4-6-7-8-9-11-15-13(3)12-14-10-5-2/h13-15H,4-12H2,1-3H3. The van der Waals surface area contributed by atoms with Crippen molar-refractivity contribution in [3.05, 3.63) is 0 Å². The van der Waals surface area contributed by atoms with E-state index in [4.69, 9.17) is 0 Å². The first-order chi connectivity index (χ1) is 7.31. The summed E-state index contributed by atoms with van der Waals surface area (Å²) in [7, 11) is 0. The third kappa shape index (κ3) is 11.8. The van der Waals surface area contributed by atoms with E-state index in [9.17, 15) is 0 Å². The van der Waals surface area contributed by atoms with Crippen molar-refractivity contribution in [3.8, 4) is 0 Å². The largest absolute Gasteiger partial charge is 0.315 e. The fourth-order valence-corrected chi connectivity index (χ4v) is 1.64. The first-order valence-electron chi connectivity index (χ1n) is 6.75. The molecule has 2 N–H and O–H groups in total. The SMILES string of the molecule is CCCCCCCNC(C)CNCCC. The molecule has 0 saturated carbocycles. The summed E-state index contributed by atoms with van der Waals surface area (Å²) in [6, 6.07) is 0.614. The molecule has 0 aromatic rings. The second kappa shape index (κ2) is 12.0. The Kier molecular flexibility index (Phi) is 11.9. The molecular weight excluding hydrogens is 184 g/mol. The lowest BCUT2D eigenvalue weighted by Crippen LogP contribution is -2.37. The molecule has 2 nitrogen and oxygen atoms in total. The van der Waals surface area contributed by atoms with E-state index in [0.717, 1.165) is 13.1 Å². The Bertz CT molecular complexity index is 115. The topological polar surface area (TPSA) is 24.1 Å². The fourth-order valence-electron chi connectivity index (χ4n) is 1.64. The molecule has 0 bridgehead atoms. The molecule has 0 rings (SSSR count). The van der Waals surface area contributed by atoms with E-state index in [-0.39, 0.29) is 0 Å². The van der Waals surface area contributed by atoms with E-state index < -0.39 is 0 Å². The van der Waals surface area contributed by atoms with Crippen molar-refractivity contribution in [2.45, 2.75) is 65.3 Å². The van der Waals surface area contributed by atoms with E-state index in [1.807, 2.05) is 0 Å². The summed E-state index contributed by atoms with van der Waals surface area (Å²) in [5, 5.41) is 6.99. The van der Waals surface area contributed by atoms with Crippen LogP contribution in [0.3, 0.4) is 0 Å². The van der Waals surface area contributed by atoms with Gasteiger partial charge in [0.25, 0.3) is 0 Å². The molecule has 1 atom stereocenters. The van der Waals surface area contributed by atoms with Gasteiger partial charge in [-0.3, -0.25) is 0 Å². The molecule has 0 aliphatic carbocycles. The average Bonchev–Trinajstić information content (AvgIpc) is 2.23. The molecule has 0 aromatic carbocycles. The maximum absolute atomic E-state index is 3.56. The van der Waals surface area contributed by atoms with E-state index in [2.05, 4.69) is 31.4 Å². The highest BCUT2D eigenvalue weighted by atomic mass is 15.0. The van der Waals surface area contributed by atoms with Crippen LogP contribution in [0.25, 0.3) is 0 Å². The Balaban J connectivity index is 3.06. The first-order valence-corrected chi connectivity index (χ1v) is 6.75. The van der Waals surface area contributed by atoms with Crippen LogP contribution in [0.5, 0.6) is 0 Å². The first kappa shape index (κ1) is 14.9. The normalized spacial score (nSPS) is 13.0. The molecule has 0 aliphatic rings. The lowest BCUT2D eigenvalue weighted by molar-refractivity contribution is 0.485. The minimum atomic E-state index is 0.614. The van der Waals surface area contributed by atoms with Crippen LogP contribution in [0.15, 0.2) is 0 Å². The van der Waals surface area contributed by atoms with Crippen molar-refractivity contribution in [3.63, 3.8) is 0 Å². The van der Waals surface area contributed by atoms with Crippen LogP contribution in [-0.2, 0) is 0 Å². The lowest BCUT2D eigenvalue weighted by Gasteiger charge is -2.14. The Morgan fingerprint density at radius 2 is 1.60 bits per heavy atom. The summed E-state index contributed by atoms with van der Waals surface area (Å²) in [6.07, 6.45) is 8.08. The number of nitrogens with one attached hydrogen (secondary N) is 2. The summed E-state index contributed by atoms with van der Waals surface area (Å²) in [5.74, 6) is 0.